The summed E-state index contributed by atoms with van der Waals surface area (Å²) < 4.78 is 10.0. The van der Waals surface area contributed by atoms with Gasteiger partial charge in [-0.15, -0.1) is 0 Å². The van der Waals surface area contributed by atoms with Crippen LogP contribution in [0.4, 0.5) is 5.69 Å². The van der Waals surface area contributed by atoms with Crippen molar-refractivity contribution in [1.82, 2.24) is 5.32 Å². The molecule has 2 N–H and O–H groups in total. The first-order chi connectivity index (χ1) is 10.1. The molecule has 8 nitrogen and oxygen atoms in total. The Morgan fingerprint density at radius 1 is 1.38 bits per heavy atom. The predicted molar refractivity (Wildman–Crippen MR) is 71.1 cm³/mol. The number of carbonyl (C=O) groups excluding carboxylic acids is 1. The van der Waals surface area contributed by atoms with Gasteiger partial charge in [-0.25, -0.2) is 0 Å². The number of amides is 1. The molecule has 2 rings (SSSR count). The molecule has 0 radical (unpaired) electrons. The van der Waals surface area contributed by atoms with Gasteiger partial charge in [0.15, 0.2) is 0 Å². The van der Waals surface area contributed by atoms with Crippen LogP contribution in [0, 0.1) is 10.1 Å². The van der Waals surface area contributed by atoms with E-state index < -0.39 is 16.9 Å². The summed E-state index contributed by atoms with van der Waals surface area (Å²) in [7, 11) is 0. The Hall–Kier alpha value is -2.61. The van der Waals surface area contributed by atoms with Gasteiger partial charge in [-0.05, 0) is 17.7 Å². The zero-order valence-electron chi connectivity index (χ0n) is 11.0. The molecular weight excluding hydrogens is 280 g/mol. The third kappa shape index (κ3) is 3.93. The molecule has 0 bridgehead atoms. The molecule has 0 unspecified atom stereocenters. The highest BCUT2D eigenvalue weighted by Gasteiger charge is 2.17. The van der Waals surface area contributed by atoms with Gasteiger partial charge in [0.25, 0.3) is 11.6 Å². The van der Waals surface area contributed by atoms with E-state index in [1.165, 1.54) is 30.5 Å². The third-order valence-corrected chi connectivity index (χ3v) is 2.82. The quantitative estimate of drug-likeness (QED) is 0.608. The topological polar surface area (TPSA) is 111 Å². The molecule has 0 fully saturated rings. The zero-order valence-corrected chi connectivity index (χ0v) is 11.0. The second-order valence-electron chi connectivity index (χ2n) is 4.28. The Balaban J connectivity index is 1.89. The Labute approximate surface area is 120 Å². The number of nitrogens with zero attached hydrogens (tertiary/aromatic N) is 1. The number of nitrogens with one attached hydrogen (secondary N) is 1. The number of rotatable bonds is 5. The van der Waals surface area contributed by atoms with Crippen LogP contribution in [0.15, 0.2) is 36.3 Å². The summed E-state index contributed by atoms with van der Waals surface area (Å²) in [6, 6.07) is 5.46. The first kappa shape index (κ1) is 14.8. The van der Waals surface area contributed by atoms with Crippen molar-refractivity contribution in [2.24, 2.45) is 0 Å². The molecule has 0 aliphatic carbocycles. The molecule has 8 heteroatoms. The molecular formula is C13H14N2O6. The maximum atomic E-state index is 11.7. The van der Waals surface area contributed by atoms with Crippen LogP contribution in [0.2, 0.25) is 0 Å². The number of aliphatic hydroxyl groups is 1. The first-order valence-electron chi connectivity index (χ1n) is 6.23. The molecule has 1 aliphatic heterocycles. The zero-order chi connectivity index (χ0) is 15.2. The highest BCUT2D eigenvalue weighted by molar-refractivity contribution is 5.91. The van der Waals surface area contributed by atoms with Crippen molar-refractivity contribution in [3.05, 3.63) is 52.0 Å². The van der Waals surface area contributed by atoms with Crippen molar-refractivity contribution in [3.63, 3.8) is 0 Å². The maximum absolute atomic E-state index is 11.7. The number of aliphatic hydroxyl groups excluding tert-OH is 1. The van der Waals surface area contributed by atoms with E-state index in [0.717, 1.165) is 0 Å². The van der Waals surface area contributed by atoms with Gasteiger partial charge in [0.1, 0.15) is 19.5 Å². The molecule has 0 saturated carbocycles. The van der Waals surface area contributed by atoms with Crippen LogP contribution in [-0.4, -0.2) is 35.7 Å². The van der Waals surface area contributed by atoms with Crippen LogP contribution in [0.5, 0.6) is 0 Å². The SMILES string of the molecule is O=C(NC[C@@H](O)c1ccc([N+](=O)[O-])cc1)C1=COCCO1. The van der Waals surface area contributed by atoms with Crippen molar-refractivity contribution in [1.29, 1.82) is 0 Å². The molecule has 1 amide bonds. The number of carbonyl (C=O) groups is 1. The average Bonchev–Trinajstić information content (AvgIpc) is 2.53. The maximum Gasteiger partial charge on any atom is 0.289 e. The van der Waals surface area contributed by atoms with Gasteiger partial charge in [0.05, 0.1) is 11.0 Å². The van der Waals surface area contributed by atoms with Crippen LogP contribution < -0.4 is 5.32 Å². The lowest BCUT2D eigenvalue weighted by molar-refractivity contribution is -0.384. The summed E-state index contributed by atoms with van der Waals surface area (Å²) in [5.74, 6) is -0.437. The summed E-state index contributed by atoms with van der Waals surface area (Å²) in [6.07, 6.45) is 0.247. The van der Waals surface area contributed by atoms with Crippen molar-refractivity contribution in [2.45, 2.75) is 6.10 Å². The number of nitro groups is 1. The fourth-order valence-corrected chi connectivity index (χ4v) is 1.70. The standard InChI is InChI=1S/C13H14N2O6/c16-11(9-1-3-10(4-2-9)15(18)19)7-14-13(17)12-8-20-5-6-21-12/h1-4,8,11,16H,5-7H2,(H,14,17)/t11-/m1/s1. The molecule has 1 aromatic carbocycles. The van der Waals surface area contributed by atoms with E-state index >= 15 is 0 Å². The molecule has 1 aliphatic rings. The third-order valence-electron chi connectivity index (χ3n) is 2.82. The fourth-order valence-electron chi connectivity index (χ4n) is 1.70. The molecule has 1 atom stereocenters. The molecule has 21 heavy (non-hydrogen) atoms. The van der Waals surface area contributed by atoms with Gasteiger partial charge in [-0.2, -0.15) is 0 Å². The smallest absolute Gasteiger partial charge is 0.289 e. The van der Waals surface area contributed by atoms with Crippen LogP contribution in [0.1, 0.15) is 11.7 Å². The normalized spacial score (nSPS) is 15.2. The van der Waals surface area contributed by atoms with Gasteiger partial charge in [0.2, 0.25) is 5.76 Å². The van der Waals surface area contributed by atoms with Crippen LogP contribution in [-0.2, 0) is 14.3 Å². The van der Waals surface area contributed by atoms with Crippen molar-refractivity contribution in [2.75, 3.05) is 19.8 Å². The fraction of sp³-hybridized carbons (Fsp3) is 0.308. The number of hydrogen-bond acceptors (Lipinski definition) is 6. The molecule has 1 heterocycles. The van der Waals surface area contributed by atoms with Gasteiger partial charge >= 0.3 is 0 Å². The minimum atomic E-state index is -0.972. The van der Waals surface area contributed by atoms with Crippen molar-refractivity contribution >= 4 is 11.6 Å². The Kier molecular flexibility index (Phi) is 4.72. The second kappa shape index (κ2) is 6.71. The lowest BCUT2D eigenvalue weighted by Crippen LogP contribution is -2.31. The lowest BCUT2D eigenvalue weighted by atomic mass is 10.1. The van der Waals surface area contributed by atoms with Crippen molar-refractivity contribution in [3.8, 4) is 0 Å². The second-order valence-corrected chi connectivity index (χ2v) is 4.28. The first-order valence-corrected chi connectivity index (χ1v) is 6.23. The van der Waals surface area contributed by atoms with Gasteiger partial charge in [0, 0.05) is 18.7 Å². The molecule has 112 valence electrons. The van der Waals surface area contributed by atoms with E-state index in [4.69, 9.17) is 9.47 Å². The van der Waals surface area contributed by atoms with Crippen molar-refractivity contribution < 1.29 is 24.3 Å². The number of nitro benzene ring substituents is 1. The van der Waals surface area contributed by atoms with Crippen LogP contribution in [0.25, 0.3) is 0 Å². The minimum Gasteiger partial charge on any atom is -0.494 e. The van der Waals surface area contributed by atoms with E-state index in [2.05, 4.69) is 5.32 Å². The summed E-state index contributed by atoms with van der Waals surface area (Å²) in [5.41, 5.74) is 0.406. The largest absolute Gasteiger partial charge is 0.494 e. The van der Waals surface area contributed by atoms with Gasteiger partial charge in [-0.3, -0.25) is 14.9 Å². The summed E-state index contributed by atoms with van der Waals surface area (Å²) >= 11 is 0. The van der Waals surface area contributed by atoms with E-state index in [0.29, 0.717) is 18.8 Å². The molecule has 1 aromatic rings. The number of benzene rings is 1. The summed E-state index contributed by atoms with van der Waals surface area (Å²) in [4.78, 5) is 21.7. The Morgan fingerprint density at radius 2 is 2.10 bits per heavy atom. The van der Waals surface area contributed by atoms with E-state index in [9.17, 15) is 20.0 Å². The Morgan fingerprint density at radius 3 is 2.67 bits per heavy atom. The summed E-state index contributed by atoms with van der Waals surface area (Å²) in [6.45, 7) is 0.643. The van der Waals surface area contributed by atoms with E-state index in [1.807, 2.05) is 0 Å². The number of hydrogen-bond donors (Lipinski definition) is 2. The molecule has 0 aromatic heterocycles. The molecule has 0 saturated heterocycles. The van der Waals surface area contributed by atoms with Crippen LogP contribution in [0.3, 0.4) is 0 Å². The highest BCUT2D eigenvalue weighted by Crippen LogP contribution is 2.17. The predicted octanol–water partition coefficient (Wildman–Crippen LogP) is 0.633. The van der Waals surface area contributed by atoms with Gasteiger partial charge < -0.3 is 19.9 Å². The number of non-ortho nitro benzene ring substituents is 1. The van der Waals surface area contributed by atoms with E-state index in [-0.39, 0.29) is 18.0 Å². The minimum absolute atomic E-state index is 0.0443. The van der Waals surface area contributed by atoms with Crippen LogP contribution >= 0.6 is 0 Å². The number of ether oxygens (including phenoxy) is 2. The lowest BCUT2D eigenvalue weighted by Gasteiger charge is -2.16. The highest BCUT2D eigenvalue weighted by atomic mass is 16.6. The Bertz CT molecular complexity index is 554. The van der Waals surface area contributed by atoms with E-state index in [1.54, 1.807) is 0 Å². The monoisotopic (exact) mass is 294 g/mol. The van der Waals surface area contributed by atoms with Gasteiger partial charge in [-0.1, -0.05) is 0 Å². The molecule has 0 spiro atoms. The summed E-state index contributed by atoms with van der Waals surface area (Å²) in [5, 5.41) is 22.9. The average molecular weight is 294 g/mol.